The van der Waals surface area contributed by atoms with Crippen LogP contribution in [0.15, 0.2) is 54.6 Å². The molecule has 1 saturated carbocycles. The van der Waals surface area contributed by atoms with Crippen molar-refractivity contribution in [3.8, 4) is 0 Å². The van der Waals surface area contributed by atoms with Crippen LogP contribution in [0.25, 0.3) is 0 Å². The summed E-state index contributed by atoms with van der Waals surface area (Å²) in [4.78, 5) is 14.5. The third-order valence-electron chi connectivity index (χ3n) is 4.82. The van der Waals surface area contributed by atoms with Gasteiger partial charge in [0, 0.05) is 36.9 Å². The number of nitrogens with one attached hydrogen (secondary N) is 1. The van der Waals surface area contributed by atoms with Crippen LogP contribution in [0.3, 0.4) is 0 Å². The lowest BCUT2D eigenvalue weighted by Gasteiger charge is -2.23. The van der Waals surface area contributed by atoms with Gasteiger partial charge in [-0.2, -0.15) is 0 Å². The van der Waals surface area contributed by atoms with E-state index in [1.807, 2.05) is 30.3 Å². The summed E-state index contributed by atoms with van der Waals surface area (Å²) >= 11 is 0. The lowest BCUT2D eigenvalue weighted by atomic mass is 10.1. The maximum Gasteiger partial charge on any atom is 0.251 e. The molecule has 25 heavy (non-hydrogen) atoms. The molecule has 0 bridgehead atoms. The van der Waals surface area contributed by atoms with Crippen molar-refractivity contribution in [3.05, 3.63) is 65.7 Å². The summed E-state index contributed by atoms with van der Waals surface area (Å²) in [6.45, 7) is 4.47. The Labute approximate surface area is 150 Å². The van der Waals surface area contributed by atoms with Gasteiger partial charge in [-0.05, 0) is 55.5 Å². The predicted molar refractivity (Wildman–Crippen MR) is 103 cm³/mol. The van der Waals surface area contributed by atoms with Crippen molar-refractivity contribution in [1.82, 2.24) is 5.32 Å². The van der Waals surface area contributed by atoms with Crippen LogP contribution < -0.4 is 16.0 Å². The van der Waals surface area contributed by atoms with Crippen molar-refractivity contribution in [1.29, 1.82) is 0 Å². The van der Waals surface area contributed by atoms with Crippen LogP contribution in [-0.4, -0.2) is 25.0 Å². The molecule has 132 valence electrons. The van der Waals surface area contributed by atoms with E-state index in [1.54, 1.807) is 0 Å². The zero-order chi connectivity index (χ0) is 17.6. The van der Waals surface area contributed by atoms with Gasteiger partial charge in [0.05, 0.1) is 0 Å². The summed E-state index contributed by atoms with van der Waals surface area (Å²) in [6.07, 6.45) is 2.39. The molecule has 1 unspecified atom stereocenters. The highest BCUT2D eigenvalue weighted by Crippen LogP contribution is 2.31. The van der Waals surface area contributed by atoms with E-state index < -0.39 is 0 Å². The van der Waals surface area contributed by atoms with Crippen LogP contribution in [0, 0.1) is 5.92 Å². The SMILES string of the molecule is CCN(Cc1ccccc1)c1ccc(C(=O)NCC(N)C2CC2)cc1. The first-order chi connectivity index (χ1) is 12.2. The van der Waals surface area contributed by atoms with Gasteiger partial charge in [0.1, 0.15) is 0 Å². The number of anilines is 1. The lowest BCUT2D eigenvalue weighted by molar-refractivity contribution is 0.0950. The Hall–Kier alpha value is -2.33. The van der Waals surface area contributed by atoms with Crippen molar-refractivity contribution in [2.75, 3.05) is 18.0 Å². The van der Waals surface area contributed by atoms with Crippen LogP contribution in [0.5, 0.6) is 0 Å². The smallest absolute Gasteiger partial charge is 0.251 e. The van der Waals surface area contributed by atoms with E-state index in [0.29, 0.717) is 18.0 Å². The highest BCUT2D eigenvalue weighted by atomic mass is 16.1. The zero-order valence-corrected chi connectivity index (χ0v) is 14.8. The molecule has 0 aliphatic heterocycles. The van der Waals surface area contributed by atoms with Gasteiger partial charge in [-0.25, -0.2) is 0 Å². The summed E-state index contributed by atoms with van der Waals surface area (Å²) in [5.41, 5.74) is 9.12. The van der Waals surface area contributed by atoms with Crippen molar-refractivity contribution >= 4 is 11.6 Å². The first kappa shape index (κ1) is 17.5. The molecule has 3 N–H and O–H groups in total. The zero-order valence-electron chi connectivity index (χ0n) is 14.8. The Morgan fingerprint density at radius 2 is 1.84 bits per heavy atom. The fraction of sp³-hybridized carbons (Fsp3) is 0.381. The van der Waals surface area contributed by atoms with Gasteiger partial charge in [-0.1, -0.05) is 30.3 Å². The maximum absolute atomic E-state index is 12.3. The molecule has 1 fully saturated rings. The van der Waals surface area contributed by atoms with E-state index in [2.05, 4.69) is 41.4 Å². The minimum Gasteiger partial charge on any atom is -0.367 e. The molecule has 1 aliphatic rings. The molecule has 1 atom stereocenters. The Morgan fingerprint density at radius 3 is 2.44 bits per heavy atom. The molecule has 3 rings (SSSR count). The van der Waals surface area contributed by atoms with Gasteiger partial charge >= 0.3 is 0 Å². The highest BCUT2D eigenvalue weighted by molar-refractivity contribution is 5.94. The number of hydrogen-bond donors (Lipinski definition) is 2. The quantitative estimate of drug-likeness (QED) is 0.778. The second-order valence-electron chi connectivity index (χ2n) is 6.76. The number of amides is 1. The average molecular weight is 337 g/mol. The molecular weight excluding hydrogens is 310 g/mol. The number of benzene rings is 2. The first-order valence-corrected chi connectivity index (χ1v) is 9.10. The van der Waals surface area contributed by atoms with Crippen LogP contribution in [0.4, 0.5) is 5.69 Å². The number of hydrogen-bond acceptors (Lipinski definition) is 3. The van der Waals surface area contributed by atoms with Crippen molar-refractivity contribution in [3.63, 3.8) is 0 Å². The van der Waals surface area contributed by atoms with Crippen LogP contribution in [0.2, 0.25) is 0 Å². The third kappa shape index (κ3) is 4.83. The Balaban J connectivity index is 1.58. The standard InChI is InChI=1S/C21H27N3O/c1-2-24(15-16-6-4-3-5-7-16)19-12-10-18(11-13-19)21(25)23-14-20(22)17-8-9-17/h3-7,10-13,17,20H,2,8-9,14-15,22H2,1H3,(H,23,25). The van der Waals surface area contributed by atoms with E-state index in [0.717, 1.165) is 18.8 Å². The van der Waals surface area contributed by atoms with E-state index in [-0.39, 0.29) is 11.9 Å². The Bertz CT molecular complexity index is 680. The molecule has 0 heterocycles. The number of carbonyl (C=O) groups excluding carboxylic acids is 1. The molecule has 1 amide bonds. The second kappa shape index (κ2) is 8.17. The van der Waals surface area contributed by atoms with Crippen LogP contribution in [0.1, 0.15) is 35.7 Å². The predicted octanol–water partition coefficient (Wildman–Crippen LogP) is 3.18. The first-order valence-electron chi connectivity index (χ1n) is 9.10. The normalized spacial score (nSPS) is 14.8. The number of rotatable bonds is 8. The third-order valence-corrected chi connectivity index (χ3v) is 4.82. The molecule has 0 saturated heterocycles. The number of nitrogens with two attached hydrogens (primary N) is 1. The Morgan fingerprint density at radius 1 is 1.16 bits per heavy atom. The second-order valence-corrected chi connectivity index (χ2v) is 6.76. The van der Waals surface area contributed by atoms with E-state index in [1.165, 1.54) is 18.4 Å². The monoisotopic (exact) mass is 337 g/mol. The molecule has 2 aromatic rings. The number of carbonyl (C=O) groups is 1. The lowest BCUT2D eigenvalue weighted by Crippen LogP contribution is -2.38. The van der Waals surface area contributed by atoms with Gasteiger partial charge in [0.15, 0.2) is 0 Å². The molecule has 4 heteroatoms. The van der Waals surface area contributed by atoms with Crippen molar-refractivity contribution in [2.45, 2.75) is 32.4 Å². The molecule has 1 aliphatic carbocycles. The van der Waals surface area contributed by atoms with Gasteiger partial charge in [0.2, 0.25) is 0 Å². The average Bonchev–Trinajstić information content (AvgIpc) is 3.50. The minimum atomic E-state index is -0.0474. The van der Waals surface area contributed by atoms with E-state index in [9.17, 15) is 4.79 Å². The fourth-order valence-electron chi connectivity index (χ4n) is 3.02. The highest BCUT2D eigenvalue weighted by Gasteiger charge is 2.28. The van der Waals surface area contributed by atoms with E-state index in [4.69, 9.17) is 5.73 Å². The Kier molecular flexibility index (Phi) is 5.71. The van der Waals surface area contributed by atoms with Crippen LogP contribution in [-0.2, 0) is 6.54 Å². The fourth-order valence-corrected chi connectivity index (χ4v) is 3.02. The summed E-state index contributed by atoms with van der Waals surface area (Å²) in [7, 11) is 0. The van der Waals surface area contributed by atoms with E-state index >= 15 is 0 Å². The molecule has 2 aromatic carbocycles. The van der Waals surface area contributed by atoms with Gasteiger partial charge in [-0.3, -0.25) is 4.79 Å². The van der Waals surface area contributed by atoms with Crippen molar-refractivity contribution in [2.24, 2.45) is 11.7 Å². The van der Waals surface area contributed by atoms with Gasteiger partial charge < -0.3 is 16.0 Å². The summed E-state index contributed by atoms with van der Waals surface area (Å²) in [5.74, 6) is 0.549. The summed E-state index contributed by atoms with van der Waals surface area (Å²) in [6, 6.07) is 18.3. The number of nitrogens with zero attached hydrogens (tertiary/aromatic N) is 1. The topological polar surface area (TPSA) is 58.4 Å². The van der Waals surface area contributed by atoms with Gasteiger partial charge in [0.25, 0.3) is 5.91 Å². The largest absolute Gasteiger partial charge is 0.367 e. The minimum absolute atomic E-state index is 0.0474. The van der Waals surface area contributed by atoms with Crippen molar-refractivity contribution < 1.29 is 4.79 Å². The maximum atomic E-state index is 12.3. The van der Waals surface area contributed by atoms with Gasteiger partial charge in [-0.15, -0.1) is 0 Å². The molecular formula is C21H27N3O. The summed E-state index contributed by atoms with van der Waals surface area (Å²) < 4.78 is 0. The van der Waals surface area contributed by atoms with Crippen LogP contribution >= 0.6 is 0 Å². The molecule has 0 spiro atoms. The molecule has 0 aromatic heterocycles. The molecule has 0 radical (unpaired) electrons. The molecule has 4 nitrogen and oxygen atoms in total. The summed E-state index contributed by atoms with van der Waals surface area (Å²) in [5, 5.41) is 2.95.